The summed E-state index contributed by atoms with van der Waals surface area (Å²) < 4.78 is 28.2. The average molecular weight is 329 g/mol. The van der Waals surface area contributed by atoms with Crippen LogP contribution in [-0.4, -0.2) is 31.9 Å². The zero-order chi connectivity index (χ0) is 15.0. The lowest BCUT2D eigenvalue weighted by molar-refractivity contribution is 0.390. The molecule has 0 atom stereocenters. The van der Waals surface area contributed by atoms with Crippen molar-refractivity contribution in [3.63, 3.8) is 0 Å². The summed E-state index contributed by atoms with van der Waals surface area (Å²) in [6, 6.07) is 2.12. The molecule has 3 rings (SSSR count). The molecule has 0 aromatic carbocycles. The SMILES string of the molecule is CCNCc1sc(S(=O)(=O)N(CC2CC2)C2CC2)cc1C. The van der Waals surface area contributed by atoms with Crippen molar-refractivity contribution in [2.24, 2.45) is 5.92 Å². The van der Waals surface area contributed by atoms with Gasteiger partial charge in [-0.25, -0.2) is 8.42 Å². The first kappa shape index (κ1) is 15.5. The van der Waals surface area contributed by atoms with Crippen LogP contribution in [0.3, 0.4) is 0 Å². The van der Waals surface area contributed by atoms with Gasteiger partial charge in [-0.2, -0.15) is 4.31 Å². The molecule has 21 heavy (non-hydrogen) atoms. The van der Waals surface area contributed by atoms with E-state index in [2.05, 4.69) is 12.2 Å². The third kappa shape index (κ3) is 3.50. The Morgan fingerprint density at radius 2 is 2.05 bits per heavy atom. The van der Waals surface area contributed by atoms with E-state index in [-0.39, 0.29) is 6.04 Å². The lowest BCUT2D eigenvalue weighted by Crippen LogP contribution is -2.34. The molecule has 118 valence electrons. The lowest BCUT2D eigenvalue weighted by atomic mass is 10.3. The van der Waals surface area contributed by atoms with Crippen molar-refractivity contribution in [2.75, 3.05) is 13.1 Å². The predicted octanol–water partition coefficient (Wildman–Crippen LogP) is 2.73. The van der Waals surface area contributed by atoms with E-state index in [0.717, 1.165) is 42.9 Å². The molecule has 0 spiro atoms. The van der Waals surface area contributed by atoms with Gasteiger partial charge in [0.05, 0.1) is 0 Å². The Labute approximate surface area is 131 Å². The quantitative estimate of drug-likeness (QED) is 0.798. The van der Waals surface area contributed by atoms with E-state index in [1.54, 1.807) is 4.31 Å². The minimum Gasteiger partial charge on any atom is -0.312 e. The van der Waals surface area contributed by atoms with Crippen molar-refractivity contribution in [1.29, 1.82) is 0 Å². The van der Waals surface area contributed by atoms with Gasteiger partial charge in [0, 0.05) is 24.0 Å². The molecule has 2 aliphatic carbocycles. The van der Waals surface area contributed by atoms with Crippen LogP contribution in [0.15, 0.2) is 10.3 Å². The van der Waals surface area contributed by atoms with Gasteiger partial charge in [0.2, 0.25) is 0 Å². The van der Waals surface area contributed by atoms with E-state index in [0.29, 0.717) is 10.1 Å². The normalized spacial score (nSPS) is 19.4. The molecule has 0 bridgehead atoms. The molecular formula is C15H24N2O2S2. The van der Waals surface area contributed by atoms with Crippen LogP contribution in [0.2, 0.25) is 0 Å². The van der Waals surface area contributed by atoms with Crippen LogP contribution < -0.4 is 5.32 Å². The monoisotopic (exact) mass is 328 g/mol. The minimum atomic E-state index is -3.30. The second-order valence-corrected chi connectivity index (χ2v) is 9.46. The second kappa shape index (κ2) is 5.99. The molecule has 2 aliphatic rings. The third-order valence-electron chi connectivity index (χ3n) is 4.19. The first-order valence-electron chi connectivity index (χ1n) is 7.84. The van der Waals surface area contributed by atoms with Crippen LogP contribution in [0.25, 0.3) is 0 Å². The highest BCUT2D eigenvalue weighted by Crippen LogP contribution is 2.39. The van der Waals surface area contributed by atoms with Crippen molar-refractivity contribution < 1.29 is 8.42 Å². The van der Waals surface area contributed by atoms with Crippen molar-refractivity contribution >= 4 is 21.4 Å². The van der Waals surface area contributed by atoms with E-state index in [1.165, 1.54) is 24.2 Å². The van der Waals surface area contributed by atoms with Gasteiger partial charge in [-0.05, 0) is 56.7 Å². The standard InChI is InChI=1S/C15H24N2O2S2/c1-3-16-9-14-11(2)8-15(20-14)21(18,19)17(13-6-7-13)10-12-4-5-12/h8,12-13,16H,3-7,9-10H2,1-2H3. The number of rotatable bonds is 8. The molecule has 6 heteroatoms. The van der Waals surface area contributed by atoms with Crippen LogP contribution in [-0.2, 0) is 16.6 Å². The van der Waals surface area contributed by atoms with Gasteiger partial charge in [-0.3, -0.25) is 0 Å². The van der Waals surface area contributed by atoms with Crippen molar-refractivity contribution in [3.8, 4) is 0 Å². The Morgan fingerprint density at radius 1 is 1.33 bits per heavy atom. The van der Waals surface area contributed by atoms with Gasteiger partial charge in [0.25, 0.3) is 10.0 Å². The predicted molar refractivity (Wildman–Crippen MR) is 86.1 cm³/mol. The zero-order valence-corrected chi connectivity index (χ0v) is 14.4. The van der Waals surface area contributed by atoms with Gasteiger partial charge in [-0.1, -0.05) is 6.92 Å². The van der Waals surface area contributed by atoms with Crippen LogP contribution in [0.1, 0.15) is 43.0 Å². The van der Waals surface area contributed by atoms with Gasteiger partial charge in [0.15, 0.2) is 0 Å². The molecular weight excluding hydrogens is 304 g/mol. The van der Waals surface area contributed by atoms with Gasteiger partial charge in [-0.15, -0.1) is 11.3 Å². The maximum absolute atomic E-state index is 12.9. The fourth-order valence-electron chi connectivity index (χ4n) is 2.51. The topological polar surface area (TPSA) is 49.4 Å². The molecule has 4 nitrogen and oxygen atoms in total. The van der Waals surface area contributed by atoms with E-state index in [4.69, 9.17) is 0 Å². The Kier molecular flexibility index (Phi) is 4.41. The van der Waals surface area contributed by atoms with Gasteiger partial charge < -0.3 is 5.32 Å². The average Bonchev–Trinajstić information content (AvgIpc) is 3.33. The summed E-state index contributed by atoms with van der Waals surface area (Å²) in [7, 11) is -3.30. The smallest absolute Gasteiger partial charge is 0.252 e. The molecule has 0 amide bonds. The lowest BCUT2D eigenvalue weighted by Gasteiger charge is -2.20. The summed E-state index contributed by atoms with van der Waals surface area (Å²) in [5.74, 6) is 0.600. The molecule has 0 aliphatic heterocycles. The molecule has 1 N–H and O–H groups in total. The number of thiophene rings is 1. The van der Waals surface area contributed by atoms with E-state index in [1.807, 2.05) is 13.0 Å². The zero-order valence-electron chi connectivity index (χ0n) is 12.8. The van der Waals surface area contributed by atoms with Crippen molar-refractivity contribution in [2.45, 2.75) is 56.3 Å². The van der Waals surface area contributed by atoms with Crippen LogP contribution in [0.5, 0.6) is 0 Å². The highest BCUT2D eigenvalue weighted by Gasteiger charge is 2.41. The highest BCUT2D eigenvalue weighted by molar-refractivity contribution is 7.91. The molecule has 0 saturated heterocycles. The number of hydrogen-bond acceptors (Lipinski definition) is 4. The Morgan fingerprint density at radius 3 is 2.62 bits per heavy atom. The Balaban J connectivity index is 1.82. The maximum Gasteiger partial charge on any atom is 0.252 e. The summed E-state index contributed by atoms with van der Waals surface area (Å²) in [6.45, 7) is 6.45. The summed E-state index contributed by atoms with van der Waals surface area (Å²) in [6.07, 6.45) is 4.43. The first-order valence-corrected chi connectivity index (χ1v) is 10.1. The molecule has 1 aromatic rings. The number of hydrogen-bond donors (Lipinski definition) is 1. The van der Waals surface area contributed by atoms with E-state index in [9.17, 15) is 8.42 Å². The fourth-order valence-corrected chi connectivity index (χ4v) is 5.96. The Hall–Kier alpha value is -0.430. The fraction of sp³-hybridized carbons (Fsp3) is 0.733. The second-order valence-electron chi connectivity index (χ2n) is 6.20. The van der Waals surface area contributed by atoms with Crippen molar-refractivity contribution in [1.82, 2.24) is 9.62 Å². The van der Waals surface area contributed by atoms with Crippen LogP contribution in [0, 0.1) is 12.8 Å². The van der Waals surface area contributed by atoms with Gasteiger partial charge >= 0.3 is 0 Å². The molecule has 0 unspecified atom stereocenters. The summed E-state index contributed by atoms with van der Waals surface area (Å²) >= 11 is 1.44. The van der Waals surface area contributed by atoms with Crippen LogP contribution >= 0.6 is 11.3 Å². The number of sulfonamides is 1. The van der Waals surface area contributed by atoms with Crippen molar-refractivity contribution in [3.05, 3.63) is 16.5 Å². The maximum atomic E-state index is 12.9. The summed E-state index contributed by atoms with van der Waals surface area (Å²) in [5.41, 5.74) is 1.08. The summed E-state index contributed by atoms with van der Waals surface area (Å²) in [5, 5.41) is 3.28. The van der Waals surface area contributed by atoms with Gasteiger partial charge in [0.1, 0.15) is 4.21 Å². The molecule has 0 radical (unpaired) electrons. The van der Waals surface area contributed by atoms with E-state index >= 15 is 0 Å². The molecule has 2 fully saturated rings. The molecule has 1 aromatic heterocycles. The summed E-state index contributed by atoms with van der Waals surface area (Å²) in [4.78, 5) is 1.14. The highest BCUT2D eigenvalue weighted by atomic mass is 32.2. The third-order valence-corrected chi connectivity index (χ3v) is 7.79. The molecule has 2 saturated carbocycles. The van der Waals surface area contributed by atoms with E-state index < -0.39 is 10.0 Å². The van der Waals surface area contributed by atoms with Crippen LogP contribution in [0.4, 0.5) is 0 Å². The Bertz CT molecular complexity index is 601. The first-order chi connectivity index (χ1) is 10.0. The number of nitrogens with zero attached hydrogens (tertiary/aromatic N) is 1. The minimum absolute atomic E-state index is 0.259. The number of aryl methyl sites for hydroxylation is 1. The number of nitrogens with one attached hydrogen (secondary N) is 1. The largest absolute Gasteiger partial charge is 0.312 e. The molecule has 1 heterocycles.